The van der Waals surface area contributed by atoms with Crippen LogP contribution in [0.25, 0.3) is 6.08 Å². The quantitative estimate of drug-likeness (QED) is 0.365. The molecule has 0 radical (unpaired) electrons. The molecule has 152 valence electrons. The van der Waals surface area contributed by atoms with Crippen LogP contribution in [0.1, 0.15) is 15.9 Å². The number of nitrogens with zero attached hydrogens (tertiary/aromatic N) is 1. The Morgan fingerprint density at radius 1 is 1.37 bits per heavy atom. The van der Waals surface area contributed by atoms with Gasteiger partial charge in [-0.05, 0) is 42.6 Å². The summed E-state index contributed by atoms with van der Waals surface area (Å²) in [5.41, 5.74) is 3.53. The Hall–Kier alpha value is -2.80. The molecule has 0 spiro atoms. The first kappa shape index (κ1) is 21.9. The molecule has 1 heterocycles. The first-order chi connectivity index (χ1) is 14.4. The van der Waals surface area contributed by atoms with Crippen LogP contribution in [0, 0.1) is 12.3 Å². The number of hydrogen-bond acceptors (Lipinski definition) is 6. The lowest BCUT2D eigenvalue weighted by Gasteiger charge is -2.15. The van der Waals surface area contributed by atoms with Crippen LogP contribution >= 0.6 is 39.9 Å². The minimum Gasteiger partial charge on any atom is -0.493 e. The molecule has 1 fully saturated rings. The average Bonchev–Trinajstić information content (AvgIpc) is 3.00. The van der Waals surface area contributed by atoms with Crippen LogP contribution in [0.2, 0.25) is 0 Å². The van der Waals surface area contributed by atoms with Gasteiger partial charge in [0.15, 0.2) is 15.8 Å². The van der Waals surface area contributed by atoms with Crippen molar-refractivity contribution in [3.05, 3.63) is 63.0 Å². The van der Waals surface area contributed by atoms with Gasteiger partial charge in [-0.3, -0.25) is 15.0 Å². The fourth-order valence-corrected chi connectivity index (χ4v) is 4.20. The molecule has 2 amide bonds. The zero-order chi connectivity index (χ0) is 21.7. The van der Waals surface area contributed by atoms with Crippen LogP contribution in [-0.2, 0) is 4.79 Å². The topological polar surface area (TPSA) is 67.9 Å². The van der Waals surface area contributed by atoms with Crippen LogP contribution in [0.15, 0.2) is 51.8 Å². The molecule has 0 aromatic heterocycles. The lowest BCUT2D eigenvalue weighted by Crippen LogP contribution is -2.44. The number of thiocarbonyl (C=S) groups is 1. The maximum atomic E-state index is 12.9. The van der Waals surface area contributed by atoms with Gasteiger partial charge >= 0.3 is 0 Å². The SMILES string of the molecule is C#CCOc1c(/C=C2/SC(=S)N(NC(=O)c3ccccc3)C2=O)cc(Br)cc1OC. The first-order valence-electron chi connectivity index (χ1n) is 8.52. The molecule has 1 aliphatic heterocycles. The third-order valence-electron chi connectivity index (χ3n) is 3.90. The number of nitrogens with one attached hydrogen (secondary N) is 1. The lowest BCUT2D eigenvalue weighted by atomic mass is 10.1. The summed E-state index contributed by atoms with van der Waals surface area (Å²) in [4.78, 5) is 25.6. The Morgan fingerprint density at radius 2 is 2.10 bits per heavy atom. The molecule has 0 saturated carbocycles. The van der Waals surface area contributed by atoms with Crippen molar-refractivity contribution in [2.75, 3.05) is 13.7 Å². The minimum absolute atomic E-state index is 0.0346. The van der Waals surface area contributed by atoms with Gasteiger partial charge in [-0.2, -0.15) is 5.01 Å². The summed E-state index contributed by atoms with van der Waals surface area (Å²) in [7, 11) is 1.51. The van der Waals surface area contributed by atoms with Crippen LogP contribution in [0.3, 0.4) is 0 Å². The van der Waals surface area contributed by atoms with Crippen molar-refractivity contribution in [2.24, 2.45) is 0 Å². The monoisotopic (exact) mass is 502 g/mol. The Labute approximate surface area is 191 Å². The van der Waals surface area contributed by atoms with Gasteiger partial charge < -0.3 is 9.47 Å². The van der Waals surface area contributed by atoms with E-state index in [4.69, 9.17) is 28.1 Å². The van der Waals surface area contributed by atoms with Crippen LogP contribution in [0.5, 0.6) is 11.5 Å². The Balaban J connectivity index is 1.89. The van der Waals surface area contributed by atoms with Crippen LogP contribution < -0.4 is 14.9 Å². The molecule has 6 nitrogen and oxygen atoms in total. The van der Waals surface area contributed by atoms with Crippen molar-refractivity contribution in [2.45, 2.75) is 0 Å². The van der Waals surface area contributed by atoms with E-state index in [2.05, 4.69) is 27.3 Å². The summed E-state index contributed by atoms with van der Waals surface area (Å²) in [6.07, 6.45) is 6.92. The highest BCUT2D eigenvalue weighted by Gasteiger charge is 2.34. The summed E-state index contributed by atoms with van der Waals surface area (Å²) in [6.45, 7) is 0.0346. The van der Waals surface area contributed by atoms with E-state index in [0.717, 1.165) is 21.2 Å². The zero-order valence-corrected chi connectivity index (χ0v) is 18.9. The molecule has 0 unspecified atom stereocenters. The van der Waals surface area contributed by atoms with E-state index < -0.39 is 11.8 Å². The average molecular weight is 503 g/mol. The molecule has 0 atom stereocenters. The zero-order valence-electron chi connectivity index (χ0n) is 15.7. The largest absolute Gasteiger partial charge is 0.493 e. The molecule has 30 heavy (non-hydrogen) atoms. The molecule has 9 heteroatoms. The summed E-state index contributed by atoms with van der Waals surface area (Å²) in [5.74, 6) is 2.38. The molecule has 1 N–H and O–H groups in total. The summed E-state index contributed by atoms with van der Waals surface area (Å²) < 4.78 is 11.9. The second-order valence-electron chi connectivity index (χ2n) is 5.84. The maximum Gasteiger partial charge on any atom is 0.285 e. The minimum atomic E-state index is -0.448. The van der Waals surface area contributed by atoms with Crippen molar-refractivity contribution in [3.63, 3.8) is 0 Å². The van der Waals surface area contributed by atoms with E-state index in [1.165, 1.54) is 7.11 Å². The number of thioether (sulfide) groups is 1. The number of methoxy groups -OCH3 is 1. The molecule has 2 aromatic rings. The molecule has 3 rings (SSSR count). The Bertz CT molecular complexity index is 1080. The van der Waals surface area contributed by atoms with Crippen molar-refractivity contribution in [3.8, 4) is 23.8 Å². The van der Waals surface area contributed by atoms with Gasteiger partial charge in [0.1, 0.15) is 6.61 Å². The van der Waals surface area contributed by atoms with Gasteiger partial charge in [0, 0.05) is 15.6 Å². The molecular formula is C21H15BrN2O4S2. The third kappa shape index (κ3) is 4.84. The van der Waals surface area contributed by atoms with Gasteiger partial charge in [-0.1, -0.05) is 51.8 Å². The predicted octanol–water partition coefficient (Wildman–Crippen LogP) is 4.02. The summed E-state index contributed by atoms with van der Waals surface area (Å²) >= 11 is 9.76. The van der Waals surface area contributed by atoms with Gasteiger partial charge in [0.05, 0.1) is 12.0 Å². The predicted molar refractivity (Wildman–Crippen MR) is 124 cm³/mol. The smallest absolute Gasteiger partial charge is 0.285 e. The van der Waals surface area contributed by atoms with E-state index in [1.807, 2.05) is 0 Å². The fraction of sp³-hybridized carbons (Fsp3) is 0.0952. The first-order valence-corrected chi connectivity index (χ1v) is 10.5. The second-order valence-corrected chi connectivity index (χ2v) is 8.43. The van der Waals surface area contributed by atoms with Gasteiger partial charge in [0.2, 0.25) is 0 Å². The number of hydrogen-bond donors (Lipinski definition) is 1. The van der Waals surface area contributed by atoms with E-state index in [0.29, 0.717) is 27.5 Å². The van der Waals surface area contributed by atoms with E-state index in [-0.39, 0.29) is 10.9 Å². The molecular weight excluding hydrogens is 488 g/mol. The fourth-order valence-electron chi connectivity index (χ4n) is 2.58. The van der Waals surface area contributed by atoms with E-state index in [9.17, 15) is 9.59 Å². The highest BCUT2D eigenvalue weighted by molar-refractivity contribution is 9.10. The third-order valence-corrected chi connectivity index (χ3v) is 5.66. The number of amides is 2. The molecule has 0 aliphatic carbocycles. The van der Waals surface area contributed by atoms with Crippen molar-refractivity contribution in [1.29, 1.82) is 0 Å². The summed E-state index contributed by atoms with van der Waals surface area (Å²) in [5, 5.41) is 1.05. The summed E-state index contributed by atoms with van der Waals surface area (Å²) in [6, 6.07) is 12.1. The maximum absolute atomic E-state index is 12.9. The number of hydrazine groups is 1. The molecule has 0 bridgehead atoms. The molecule has 2 aromatic carbocycles. The van der Waals surface area contributed by atoms with Gasteiger partial charge in [-0.15, -0.1) is 6.42 Å². The number of terminal acetylenes is 1. The number of halogens is 1. The normalized spacial score (nSPS) is 14.6. The highest BCUT2D eigenvalue weighted by atomic mass is 79.9. The number of carbonyl (C=O) groups excluding carboxylic acids is 2. The standard InChI is InChI=1S/C21H15BrN2O4S2/c1-3-9-28-18-14(10-15(22)12-16(18)27-2)11-17-20(26)24(21(29)30-17)23-19(25)13-7-5-4-6-8-13/h1,4-8,10-12H,9H2,2H3,(H,23,25)/b17-11+. The number of rotatable bonds is 6. The van der Waals surface area contributed by atoms with Crippen LogP contribution in [0.4, 0.5) is 0 Å². The number of benzene rings is 2. The lowest BCUT2D eigenvalue weighted by molar-refractivity contribution is -0.123. The number of carbonyl (C=O) groups is 2. The second kappa shape index (κ2) is 9.80. The molecule has 1 saturated heterocycles. The Kier molecular flexibility index (Phi) is 7.15. The van der Waals surface area contributed by atoms with E-state index >= 15 is 0 Å². The van der Waals surface area contributed by atoms with Crippen molar-refractivity contribution >= 4 is 62.1 Å². The van der Waals surface area contributed by atoms with Crippen molar-refractivity contribution in [1.82, 2.24) is 10.4 Å². The number of ether oxygens (including phenoxy) is 2. The Morgan fingerprint density at radius 3 is 2.77 bits per heavy atom. The van der Waals surface area contributed by atoms with Gasteiger partial charge in [0.25, 0.3) is 11.8 Å². The van der Waals surface area contributed by atoms with Crippen molar-refractivity contribution < 1.29 is 19.1 Å². The van der Waals surface area contributed by atoms with E-state index in [1.54, 1.807) is 48.5 Å². The highest BCUT2D eigenvalue weighted by Crippen LogP contribution is 2.39. The van der Waals surface area contributed by atoms with Crippen LogP contribution in [-0.4, -0.2) is 34.9 Å². The van der Waals surface area contributed by atoms with Gasteiger partial charge in [-0.25, -0.2) is 0 Å². The molecule has 1 aliphatic rings.